The third kappa shape index (κ3) is 2.79. The van der Waals surface area contributed by atoms with Gasteiger partial charge in [0.2, 0.25) is 5.91 Å². The van der Waals surface area contributed by atoms with E-state index in [0.29, 0.717) is 0 Å². The fraction of sp³-hybridized carbons (Fsp3) is 0.364. The molecule has 0 unspecified atom stereocenters. The van der Waals surface area contributed by atoms with Gasteiger partial charge in [-0.2, -0.15) is 0 Å². The molecule has 16 heavy (non-hydrogen) atoms. The second-order valence-corrected chi connectivity index (χ2v) is 4.39. The smallest absolute Gasteiger partial charge is 0.230 e. The van der Waals surface area contributed by atoms with Crippen LogP contribution in [0.4, 0.5) is 5.82 Å². The van der Waals surface area contributed by atoms with Crippen molar-refractivity contribution in [2.24, 2.45) is 5.41 Å². The Morgan fingerprint density at radius 2 is 2.00 bits per heavy atom. The summed E-state index contributed by atoms with van der Waals surface area (Å²) in [7, 11) is 0. The summed E-state index contributed by atoms with van der Waals surface area (Å²) in [4.78, 5) is 26.2. The van der Waals surface area contributed by atoms with Crippen LogP contribution in [0.1, 0.15) is 31.1 Å². The first-order valence-corrected chi connectivity index (χ1v) is 4.80. The molecule has 0 fully saturated rings. The molecule has 1 aromatic rings. The van der Waals surface area contributed by atoms with Gasteiger partial charge >= 0.3 is 0 Å². The first-order valence-electron chi connectivity index (χ1n) is 4.80. The van der Waals surface area contributed by atoms with E-state index in [0.717, 1.165) is 0 Å². The molecule has 5 heteroatoms. The van der Waals surface area contributed by atoms with E-state index in [-0.39, 0.29) is 17.3 Å². The molecule has 0 radical (unpaired) electrons. The zero-order valence-corrected chi connectivity index (χ0v) is 9.40. The summed E-state index contributed by atoms with van der Waals surface area (Å²) >= 11 is 0. The molecule has 0 saturated carbocycles. The topological polar surface area (TPSA) is 82.1 Å². The molecule has 0 aromatic carbocycles. The van der Waals surface area contributed by atoms with Crippen molar-refractivity contribution in [1.82, 2.24) is 4.98 Å². The molecule has 0 spiro atoms. The Morgan fingerprint density at radius 1 is 1.38 bits per heavy atom. The summed E-state index contributed by atoms with van der Waals surface area (Å²) in [5.41, 5.74) is -0.735. The van der Waals surface area contributed by atoms with Crippen molar-refractivity contribution in [2.45, 2.75) is 20.8 Å². The van der Waals surface area contributed by atoms with Gasteiger partial charge in [0.05, 0.1) is 5.97 Å². The van der Waals surface area contributed by atoms with Crippen molar-refractivity contribution >= 4 is 17.7 Å². The third-order valence-electron chi connectivity index (χ3n) is 1.94. The molecule has 0 saturated heterocycles. The van der Waals surface area contributed by atoms with Gasteiger partial charge in [0, 0.05) is 17.2 Å². The largest absolute Gasteiger partial charge is 0.545 e. The number of anilines is 1. The van der Waals surface area contributed by atoms with Crippen LogP contribution in [0.2, 0.25) is 0 Å². The summed E-state index contributed by atoms with van der Waals surface area (Å²) in [6.07, 6.45) is 1.41. The first kappa shape index (κ1) is 12.2. The molecule has 0 atom stereocenters. The van der Waals surface area contributed by atoms with Crippen molar-refractivity contribution in [3.63, 3.8) is 0 Å². The fourth-order valence-corrected chi connectivity index (χ4v) is 0.965. The predicted octanol–water partition coefficient (Wildman–Crippen LogP) is 0.430. The maximum atomic E-state index is 11.6. The molecule has 0 aliphatic carbocycles. The molecule has 1 amide bonds. The maximum absolute atomic E-state index is 11.6. The number of nitrogens with one attached hydrogen (secondary N) is 1. The minimum absolute atomic E-state index is 0.0161. The molecule has 1 aromatic heterocycles. The number of carbonyl (C=O) groups excluding carboxylic acids is 2. The highest BCUT2D eigenvalue weighted by Gasteiger charge is 2.22. The van der Waals surface area contributed by atoms with Gasteiger partial charge in [0.15, 0.2) is 0 Å². The Morgan fingerprint density at radius 3 is 2.50 bits per heavy atom. The zero-order valence-electron chi connectivity index (χ0n) is 9.40. The number of aromatic carboxylic acids is 1. The van der Waals surface area contributed by atoms with Crippen LogP contribution in [0.25, 0.3) is 0 Å². The Hall–Kier alpha value is -1.91. The van der Waals surface area contributed by atoms with Crippen LogP contribution in [-0.2, 0) is 4.79 Å². The third-order valence-corrected chi connectivity index (χ3v) is 1.94. The summed E-state index contributed by atoms with van der Waals surface area (Å²) in [6.45, 7) is 5.18. The minimum Gasteiger partial charge on any atom is -0.545 e. The molecule has 86 valence electrons. The van der Waals surface area contributed by atoms with E-state index in [9.17, 15) is 14.7 Å². The minimum atomic E-state index is -1.36. The van der Waals surface area contributed by atoms with E-state index in [4.69, 9.17) is 0 Å². The lowest BCUT2D eigenvalue weighted by Gasteiger charge is -2.18. The highest BCUT2D eigenvalue weighted by molar-refractivity contribution is 6.00. The van der Waals surface area contributed by atoms with Gasteiger partial charge in [0.1, 0.15) is 5.82 Å². The van der Waals surface area contributed by atoms with Gasteiger partial charge in [-0.3, -0.25) is 4.79 Å². The van der Waals surface area contributed by atoms with Crippen LogP contribution < -0.4 is 10.4 Å². The second-order valence-electron chi connectivity index (χ2n) is 4.39. The molecule has 1 N–H and O–H groups in total. The fourth-order valence-electron chi connectivity index (χ4n) is 0.965. The number of carbonyl (C=O) groups is 2. The number of carboxylic acids is 1. The summed E-state index contributed by atoms with van der Waals surface area (Å²) in [6, 6.07) is 2.80. The number of nitrogens with zero attached hydrogens (tertiary/aromatic N) is 1. The number of aromatic nitrogens is 1. The number of carboxylic acid groups (broad SMARTS) is 1. The van der Waals surface area contributed by atoms with Crippen molar-refractivity contribution in [1.29, 1.82) is 0 Å². The maximum Gasteiger partial charge on any atom is 0.230 e. The molecule has 5 nitrogen and oxygen atoms in total. The first-order chi connectivity index (χ1) is 7.32. The number of rotatable bonds is 2. The van der Waals surface area contributed by atoms with Gasteiger partial charge in [-0.15, -0.1) is 0 Å². The number of hydrogen-bond acceptors (Lipinski definition) is 4. The predicted molar refractivity (Wildman–Crippen MR) is 56.7 cm³/mol. The monoisotopic (exact) mass is 221 g/mol. The molecule has 0 aliphatic rings. The second kappa shape index (κ2) is 4.30. The summed E-state index contributed by atoms with van der Waals surface area (Å²) in [5, 5.41) is 13.2. The van der Waals surface area contributed by atoms with Crippen LogP contribution in [0.15, 0.2) is 18.3 Å². The Labute approximate surface area is 93.5 Å². The van der Waals surface area contributed by atoms with E-state index in [1.54, 1.807) is 20.8 Å². The van der Waals surface area contributed by atoms with E-state index < -0.39 is 11.4 Å². The van der Waals surface area contributed by atoms with Crippen LogP contribution >= 0.6 is 0 Å². The lowest BCUT2D eigenvalue weighted by atomic mass is 9.95. The zero-order chi connectivity index (χ0) is 12.3. The number of hydrogen-bond donors (Lipinski definition) is 1. The molecular formula is C11H13N2O3-. The molecule has 1 rings (SSSR count). The SMILES string of the molecule is CC(C)(C)C(=O)Nc1ncccc1C(=O)[O-]. The van der Waals surface area contributed by atoms with Crippen LogP contribution in [0.3, 0.4) is 0 Å². The van der Waals surface area contributed by atoms with E-state index in [2.05, 4.69) is 10.3 Å². The highest BCUT2D eigenvalue weighted by Crippen LogP contribution is 2.18. The van der Waals surface area contributed by atoms with Gasteiger partial charge in [-0.25, -0.2) is 4.98 Å². The van der Waals surface area contributed by atoms with Gasteiger partial charge in [-0.05, 0) is 12.1 Å². The normalized spacial score (nSPS) is 10.9. The highest BCUT2D eigenvalue weighted by atomic mass is 16.4. The summed E-state index contributed by atoms with van der Waals surface area (Å²) < 4.78 is 0. The van der Waals surface area contributed by atoms with E-state index >= 15 is 0 Å². The average Bonchev–Trinajstić information content (AvgIpc) is 2.16. The van der Waals surface area contributed by atoms with Gasteiger partial charge in [-0.1, -0.05) is 20.8 Å². The number of amides is 1. The quantitative estimate of drug-likeness (QED) is 0.785. The lowest BCUT2D eigenvalue weighted by molar-refractivity contribution is -0.254. The van der Waals surface area contributed by atoms with Crippen molar-refractivity contribution in [3.05, 3.63) is 23.9 Å². The Balaban J connectivity index is 2.98. The van der Waals surface area contributed by atoms with Crippen LogP contribution in [0, 0.1) is 5.41 Å². The number of pyridine rings is 1. The van der Waals surface area contributed by atoms with E-state index in [1.165, 1.54) is 18.3 Å². The van der Waals surface area contributed by atoms with Crippen LogP contribution in [0.5, 0.6) is 0 Å². The van der Waals surface area contributed by atoms with Gasteiger partial charge < -0.3 is 15.2 Å². The van der Waals surface area contributed by atoms with Crippen molar-refractivity contribution in [2.75, 3.05) is 5.32 Å². The van der Waals surface area contributed by atoms with Crippen molar-refractivity contribution in [3.8, 4) is 0 Å². The Kier molecular flexibility index (Phi) is 3.27. The molecular weight excluding hydrogens is 208 g/mol. The Bertz CT molecular complexity index is 421. The molecule has 1 heterocycles. The van der Waals surface area contributed by atoms with E-state index in [1.807, 2.05) is 0 Å². The van der Waals surface area contributed by atoms with Gasteiger partial charge in [0.25, 0.3) is 0 Å². The summed E-state index contributed by atoms with van der Waals surface area (Å²) in [5.74, 6) is -1.64. The van der Waals surface area contributed by atoms with Crippen molar-refractivity contribution < 1.29 is 14.7 Å². The molecule has 0 aliphatic heterocycles. The van der Waals surface area contributed by atoms with Crippen LogP contribution in [-0.4, -0.2) is 16.9 Å². The standard InChI is InChI=1S/C11H14N2O3/c1-11(2,3)10(16)13-8-7(9(14)15)5-4-6-12-8/h4-6H,1-3H3,(H,14,15)(H,12,13,16)/p-1. The molecule has 0 bridgehead atoms. The lowest BCUT2D eigenvalue weighted by Crippen LogP contribution is -2.30. The average molecular weight is 221 g/mol.